The fourth-order valence-electron chi connectivity index (χ4n) is 2.45. The largest absolute Gasteiger partial charge is 0.268 e. The lowest BCUT2D eigenvalue weighted by atomic mass is 10.2. The summed E-state index contributed by atoms with van der Waals surface area (Å²) in [4.78, 5) is 17.9. The first kappa shape index (κ1) is 16.5. The van der Waals surface area contributed by atoms with Gasteiger partial charge in [0.25, 0.3) is 5.56 Å². The van der Waals surface area contributed by atoms with Crippen LogP contribution in [0, 0.1) is 10.5 Å². The molecule has 0 fully saturated rings. The first-order valence-corrected chi connectivity index (χ1v) is 9.38. The highest BCUT2D eigenvalue weighted by molar-refractivity contribution is 14.1. The fraction of sp³-hybridized carbons (Fsp3) is 0.222. The third-order valence-electron chi connectivity index (χ3n) is 3.50. The summed E-state index contributed by atoms with van der Waals surface area (Å²) in [6, 6.07) is 13.7. The van der Waals surface area contributed by atoms with Crippen LogP contribution < -0.4 is 5.56 Å². The average Bonchev–Trinajstić information content (AvgIpc) is 2.49. The molecule has 0 aliphatic carbocycles. The molecule has 0 radical (unpaired) electrons. The van der Waals surface area contributed by atoms with Crippen molar-refractivity contribution in [3.63, 3.8) is 0 Å². The third-order valence-corrected chi connectivity index (χ3v) is 5.12. The van der Waals surface area contributed by atoms with Gasteiger partial charge in [0.15, 0.2) is 5.16 Å². The monoisotopic (exact) mass is 436 g/mol. The van der Waals surface area contributed by atoms with Gasteiger partial charge in [-0.2, -0.15) is 0 Å². The number of hydrogen-bond acceptors (Lipinski definition) is 3. The zero-order chi connectivity index (χ0) is 16.6. The van der Waals surface area contributed by atoms with E-state index in [9.17, 15) is 4.79 Å². The van der Waals surface area contributed by atoms with Crippen LogP contribution in [0.25, 0.3) is 16.6 Å². The Bertz CT molecular complexity index is 934. The summed E-state index contributed by atoms with van der Waals surface area (Å²) >= 11 is 3.84. The molecule has 1 aromatic heterocycles. The van der Waals surface area contributed by atoms with Crippen molar-refractivity contribution in [3.05, 3.63) is 62.0 Å². The fourth-order valence-corrected chi connectivity index (χ4v) is 3.80. The molecule has 0 spiro atoms. The van der Waals surface area contributed by atoms with Gasteiger partial charge in [-0.3, -0.25) is 9.36 Å². The molecule has 3 nitrogen and oxygen atoms in total. The molecular weight excluding hydrogens is 419 g/mol. The van der Waals surface area contributed by atoms with Gasteiger partial charge >= 0.3 is 0 Å². The van der Waals surface area contributed by atoms with Crippen molar-refractivity contribution in [2.45, 2.75) is 31.2 Å². The van der Waals surface area contributed by atoms with Crippen LogP contribution in [-0.2, 0) is 0 Å². The molecule has 0 aliphatic heterocycles. The number of thioether (sulfide) groups is 1. The Balaban J connectivity index is 2.39. The smallest absolute Gasteiger partial charge is 0.266 e. The molecule has 0 unspecified atom stereocenters. The minimum atomic E-state index is -0.00836. The molecule has 5 heteroatoms. The topological polar surface area (TPSA) is 34.9 Å². The molecule has 2 aromatic carbocycles. The zero-order valence-corrected chi connectivity index (χ0v) is 16.2. The number of aromatic nitrogens is 2. The van der Waals surface area contributed by atoms with Crippen LogP contribution in [0.2, 0.25) is 0 Å². The quantitative estimate of drug-likeness (QED) is 0.336. The summed E-state index contributed by atoms with van der Waals surface area (Å²) < 4.78 is 2.79. The van der Waals surface area contributed by atoms with Gasteiger partial charge in [-0.05, 0) is 59.3 Å². The van der Waals surface area contributed by atoms with Crippen LogP contribution in [0.4, 0.5) is 0 Å². The maximum absolute atomic E-state index is 13.1. The Morgan fingerprint density at radius 1 is 1.17 bits per heavy atom. The molecule has 0 amide bonds. The predicted molar refractivity (Wildman–Crippen MR) is 106 cm³/mol. The van der Waals surface area contributed by atoms with Crippen molar-refractivity contribution in [1.82, 2.24) is 9.55 Å². The Hall–Kier alpha value is -1.34. The average molecular weight is 436 g/mol. The highest BCUT2D eigenvalue weighted by atomic mass is 127. The number of fused-ring (bicyclic) bond motifs is 1. The van der Waals surface area contributed by atoms with E-state index in [4.69, 9.17) is 4.98 Å². The van der Waals surface area contributed by atoms with Gasteiger partial charge in [0, 0.05) is 8.82 Å². The minimum absolute atomic E-state index is 0.00836. The highest BCUT2D eigenvalue weighted by Gasteiger charge is 2.15. The number of benzene rings is 2. The summed E-state index contributed by atoms with van der Waals surface area (Å²) in [6.45, 7) is 6.23. The van der Waals surface area contributed by atoms with E-state index in [1.165, 1.54) is 0 Å². The van der Waals surface area contributed by atoms with E-state index < -0.39 is 0 Å². The molecule has 23 heavy (non-hydrogen) atoms. The van der Waals surface area contributed by atoms with E-state index in [1.807, 2.05) is 49.4 Å². The van der Waals surface area contributed by atoms with Gasteiger partial charge in [0.2, 0.25) is 0 Å². The Morgan fingerprint density at radius 3 is 2.61 bits per heavy atom. The lowest BCUT2D eigenvalue weighted by molar-refractivity contribution is 0.810. The number of nitrogens with zero attached hydrogens (tertiary/aromatic N) is 2. The molecule has 3 aromatic rings. The Labute approximate surface area is 153 Å². The van der Waals surface area contributed by atoms with Crippen LogP contribution >= 0.6 is 34.4 Å². The van der Waals surface area contributed by atoms with Gasteiger partial charge < -0.3 is 0 Å². The van der Waals surface area contributed by atoms with E-state index >= 15 is 0 Å². The van der Waals surface area contributed by atoms with E-state index in [0.717, 1.165) is 25.5 Å². The summed E-state index contributed by atoms with van der Waals surface area (Å²) in [7, 11) is 0. The van der Waals surface area contributed by atoms with Crippen molar-refractivity contribution in [3.8, 4) is 5.69 Å². The number of rotatable bonds is 3. The van der Waals surface area contributed by atoms with E-state index in [1.54, 1.807) is 16.3 Å². The summed E-state index contributed by atoms with van der Waals surface area (Å²) in [6.07, 6.45) is 0. The van der Waals surface area contributed by atoms with Crippen molar-refractivity contribution in [2.24, 2.45) is 0 Å². The van der Waals surface area contributed by atoms with Crippen molar-refractivity contribution < 1.29 is 0 Å². The molecular formula is C18H17IN2OS. The van der Waals surface area contributed by atoms with Crippen LogP contribution in [0.5, 0.6) is 0 Å². The molecule has 0 aliphatic rings. The van der Waals surface area contributed by atoms with Crippen LogP contribution in [-0.4, -0.2) is 14.8 Å². The molecule has 0 saturated carbocycles. The van der Waals surface area contributed by atoms with Gasteiger partial charge in [0.1, 0.15) is 0 Å². The molecule has 118 valence electrons. The number of halogens is 1. The molecule has 3 rings (SSSR count). The van der Waals surface area contributed by atoms with E-state index in [2.05, 4.69) is 36.4 Å². The maximum Gasteiger partial charge on any atom is 0.266 e. The number of aryl methyl sites for hydroxylation is 1. The standard InChI is InChI=1S/C18H17IN2OS/c1-11(2)23-18-20-15-9-8-13(19)10-14(15)17(22)21(18)16-7-5-4-6-12(16)3/h4-11H,1-3H3. The predicted octanol–water partition coefficient (Wildman–Crippen LogP) is 4.80. The molecule has 0 saturated heterocycles. The van der Waals surface area contributed by atoms with Gasteiger partial charge in [0.05, 0.1) is 16.6 Å². The van der Waals surface area contributed by atoms with Gasteiger partial charge in [-0.15, -0.1) is 0 Å². The first-order valence-electron chi connectivity index (χ1n) is 7.42. The highest BCUT2D eigenvalue weighted by Crippen LogP contribution is 2.26. The minimum Gasteiger partial charge on any atom is -0.268 e. The van der Waals surface area contributed by atoms with E-state index in [0.29, 0.717) is 10.6 Å². The molecule has 1 heterocycles. The first-order chi connectivity index (χ1) is 11.0. The van der Waals surface area contributed by atoms with Crippen LogP contribution in [0.15, 0.2) is 52.4 Å². The normalized spacial score (nSPS) is 11.3. The van der Waals surface area contributed by atoms with Gasteiger partial charge in [-0.1, -0.05) is 43.8 Å². The Morgan fingerprint density at radius 2 is 1.91 bits per heavy atom. The van der Waals surface area contributed by atoms with Crippen molar-refractivity contribution in [2.75, 3.05) is 0 Å². The second-order valence-corrected chi connectivity index (χ2v) is 8.44. The lowest BCUT2D eigenvalue weighted by Crippen LogP contribution is -2.23. The maximum atomic E-state index is 13.1. The van der Waals surface area contributed by atoms with Gasteiger partial charge in [-0.25, -0.2) is 4.98 Å². The SMILES string of the molecule is Cc1ccccc1-n1c(SC(C)C)nc2ccc(I)cc2c1=O. The number of hydrogen-bond donors (Lipinski definition) is 0. The summed E-state index contributed by atoms with van der Waals surface area (Å²) in [5, 5.41) is 1.75. The number of para-hydroxylation sites is 1. The zero-order valence-electron chi connectivity index (χ0n) is 13.2. The lowest BCUT2D eigenvalue weighted by Gasteiger charge is -2.16. The second kappa shape index (κ2) is 6.65. The Kier molecular flexibility index (Phi) is 4.77. The molecule has 0 N–H and O–H groups in total. The third kappa shape index (κ3) is 3.30. The van der Waals surface area contributed by atoms with Crippen molar-refractivity contribution >= 4 is 45.3 Å². The molecule has 0 bridgehead atoms. The second-order valence-electron chi connectivity index (χ2n) is 5.65. The van der Waals surface area contributed by atoms with Crippen LogP contribution in [0.3, 0.4) is 0 Å². The van der Waals surface area contributed by atoms with Crippen molar-refractivity contribution in [1.29, 1.82) is 0 Å². The summed E-state index contributed by atoms with van der Waals surface area (Å²) in [5.74, 6) is 0. The van der Waals surface area contributed by atoms with E-state index in [-0.39, 0.29) is 5.56 Å². The summed E-state index contributed by atoms with van der Waals surface area (Å²) in [5.41, 5.74) is 2.70. The van der Waals surface area contributed by atoms with Crippen LogP contribution in [0.1, 0.15) is 19.4 Å². The molecule has 0 atom stereocenters.